The fourth-order valence-electron chi connectivity index (χ4n) is 2.06. The fourth-order valence-corrected chi connectivity index (χ4v) is 3.50. The van der Waals surface area contributed by atoms with Crippen molar-refractivity contribution >= 4 is 72.4 Å². The summed E-state index contributed by atoms with van der Waals surface area (Å²) >= 11 is 7.46. The molecule has 0 atom stereocenters. The SMILES string of the molecule is O=C(CN1C(=O)S/C(=C/c2ccco2)C1=O)Nc1ccc(Br)c(Br)c1. The van der Waals surface area contributed by atoms with Crippen molar-refractivity contribution in [3.05, 3.63) is 56.2 Å². The van der Waals surface area contributed by atoms with E-state index in [1.807, 2.05) is 0 Å². The molecule has 1 aromatic heterocycles. The van der Waals surface area contributed by atoms with Crippen molar-refractivity contribution in [3.63, 3.8) is 0 Å². The molecule has 0 spiro atoms. The average molecular weight is 486 g/mol. The van der Waals surface area contributed by atoms with Gasteiger partial charge in [0.15, 0.2) is 0 Å². The Kier molecular flexibility index (Phi) is 5.45. The molecule has 1 aliphatic rings. The number of amides is 3. The first-order valence-corrected chi connectivity index (χ1v) is 9.38. The van der Waals surface area contributed by atoms with Gasteiger partial charge in [-0.25, -0.2) is 0 Å². The molecular weight excluding hydrogens is 476 g/mol. The Morgan fingerprint density at radius 3 is 2.72 bits per heavy atom. The van der Waals surface area contributed by atoms with Gasteiger partial charge in [0.05, 0.1) is 11.2 Å². The van der Waals surface area contributed by atoms with E-state index in [0.29, 0.717) is 11.4 Å². The van der Waals surface area contributed by atoms with Crippen LogP contribution in [0, 0.1) is 0 Å². The highest BCUT2D eigenvalue weighted by molar-refractivity contribution is 9.13. The molecule has 1 aromatic carbocycles. The van der Waals surface area contributed by atoms with Gasteiger partial charge in [-0.3, -0.25) is 19.3 Å². The summed E-state index contributed by atoms with van der Waals surface area (Å²) in [5.41, 5.74) is 0.554. The third-order valence-electron chi connectivity index (χ3n) is 3.20. The van der Waals surface area contributed by atoms with Gasteiger partial charge in [0.1, 0.15) is 12.3 Å². The van der Waals surface area contributed by atoms with Gasteiger partial charge in [0.2, 0.25) is 5.91 Å². The molecule has 0 radical (unpaired) electrons. The minimum atomic E-state index is -0.515. The number of hydrogen-bond acceptors (Lipinski definition) is 5. The van der Waals surface area contributed by atoms with Crippen LogP contribution < -0.4 is 5.32 Å². The normalized spacial score (nSPS) is 15.9. The van der Waals surface area contributed by atoms with Gasteiger partial charge in [-0.15, -0.1) is 0 Å². The summed E-state index contributed by atoms with van der Waals surface area (Å²) in [4.78, 5) is 37.6. The Morgan fingerprint density at radius 2 is 2.04 bits per heavy atom. The van der Waals surface area contributed by atoms with Crippen molar-refractivity contribution in [1.82, 2.24) is 4.90 Å². The molecule has 9 heteroatoms. The van der Waals surface area contributed by atoms with Gasteiger partial charge < -0.3 is 9.73 Å². The van der Waals surface area contributed by atoms with E-state index in [2.05, 4.69) is 37.2 Å². The Morgan fingerprint density at radius 1 is 1.24 bits per heavy atom. The Hall–Kier alpha value is -1.84. The summed E-state index contributed by atoms with van der Waals surface area (Å²) in [6.45, 7) is -0.353. The molecule has 1 saturated heterocycles. The monoisotopic (exact) mass is 484 g/mol. The van der Waals surface area contributed by atoms with Crippen LogP contribution in [0.2, 0.25) is 0 Å². The van der Waals surface area contributed by atoms with E-state index in [9.17, 15) is 14.4 Å². The lowest BCUT2D eigenvalue weighted by atomic mass is 10.3. The number of nitrogens with zero attached hydrogens (tertiary/aromatic N) is 1. The van der Waals surface area contributed by atoms with Crippen LogP contribution in [0.25, 0.3) is 6.08 Å². The Bertz CT molecular complexity index is 880. The molecule has 128 valence electrons. The smallest absolute Gasteiger partial charge is 0.294 e. The Labute approximate surface area is 163 Å². The molecule has 3 rings (SSSR count). The number of nitrogens with one attached hydrogen (secondary N) is 1. The van der Waals surface area contributed by atoms with E-state index < -0.39 is 17.1 Å². The third-order valence-corrected chi connectivity index (χ3v) is 5.98. The van der Waals surface area contributed by atoms with Crippen LogP contribution in [0.5, 0.6) is 0 Å². The summed E-state index contributed by atoms with van der Waals surface area (Å²) in [6.07, 6.45) is 2.95. The van der Waals surface area contributed by atoms with Crippen LogP contribution >= 0.6 is 43.6 Å². The number of thioether (sulfide) groups is 1. The van der Waals surface area contributed by atoms with Gasteiger partial charge in [0, 0.05) is 20.7 Å². The molecular formula is C16H10Br2N2O4S. The van der Waals surface area contributed by atoms with Crippen LogP contribution in [0.15, 0.2) is 54.9 Å². The number of carbonyl (C=O) groups excluding carboxylic acids is 3. The highest BCUT2D eigenvalue weighted by Gasteiger charge is 2.36. The second-order valence-electron chi connectivity index (χ2n) is 4.96. The van der Waals surface area contributed by atoms with E-state index in [1.54, 1.807) is 30.3 Å². The number of anilines is 1. The van der Waals surface area contributed by atoms with Gasteiger partial charge in [-0.2, -0.15) is 0 Å². The zero-order valence-corrected chi connectivity index (χ0v) is 16.5. The quantitative estimate of drug-likeness (QED) is 0.646. The largest absolute Gasteiger partial charge is 0.465 e. The first-order chi connectivity index (χ1) is 11.9. The molecule has 0 unspecified atom stereocenters. The second-order valence-corrected chi connectivity index (χ2v) is 7.66. The molecule has 0 saturated carbocycles. The predicted octanol–water partition coefficient (Wildman–Crippen LogP) is 4.48. The number of benzene rings is 1. The number of furan rings is 1. The van der Waals surface area contributed by atoms with Gasteiger partial charge >= 0.3 is 0 Å². The fraction of sp³-hybridized carbons (Fsp3) is 0.0625. The van der Waals surface area contributed by atoms with E-state index in [0.717, 1.165) is 25.6 Å². The van der Waals surface area contributed by atoms with Crippen molar-refractivity contribution in [1.29, 1.82) is 0 Å². The third kappa shape index (κ3) is 4.23. The van der Waals surface area contributed by atoms with Gasteiger partial charge in [0.25, 0.3) is 11.1 Å². The summed E-state index contributed by atoms with van der Waals surface area (Å²) in [7, 11) is 0. The van der Waals surface area contributed by atoms with Crippen LogP contribution in [0.4, 0.5) is 10.5 Å². The van der Waals surface area contributed by atoms with Crippen LogP contribution in [-0.2, 0) is 9.59 Å². The molecule has 1 aliphatic heterocycles. The minimum absolute atomic E-state index is 0.221. The average Bonchev–Trinajstić information content (AvgIpc) is 3.15. The van der Waals surface area contributed by atoms with Crippen molar-refractivity contribution in [2.75, 3.05) is 11.9 Å². The molecule has 3 amide bonds. The number of carbonyl (C=O) groups is 3. The number of imide groups is 1. The van der Waals surface area contributed by atoms with E-state index in [4.69, 9.17) is 4.42 Å². The lowest BCUT2D eigenvalue weighted by Crippen LogP contribution is -2.36. The first-order valence-electron chi connectivity index (χ1n) is 6.98. The summed E-state index contributed by atoms with van der Waals surface area (Å²) < 4.78 is 6.76. The molecule has 2 heterocycles. The van der Waals surface area contributed by atoms with E-state index in [1.165, 1.54) is 12.3 Å². The predicted molar refractivity (Wildman–Crippen MR) is 102 cm³/mol. The maximum absolute atomic E-state index is 12.3. The van der Waals surface area contributed by atoms with Crippen LogP contribution in [-0.4, -0.2) is 28.5 Å². The zero-order chi connectivity index (χ0) is 18.0. The maximum atomic E-state index is 12.3. The lowest BCUT2D eigenvalue weighted by molar-refractivity contribution is -0.127. The van der Waals surface area contributed by atoms with Gasteiger partial charge in [-0.05, 0) is 74.0 Å². The van der Waals surface area contributed by atoms with E-state index >= 15 is 0 Å². The summed E-state index contributed by atoms with van der Waals surface area (Å²) in [5.74, 6) is -0.510. The lowest BCUT2D eigenvalue weighted by Gasteiger charge is -2.12. The molecule has 0 bridgehead atoms. The molecule has 25 heavy (non-hydrogen) atoms. The zero-order valence-electron chi connectivity index (χ0n) is 12.5. The van der Waals surface area contributed by atoms with Gasteiger partial charge in [-0.1, -0.05) is 0 Å². The molecule has 1 N–H and O–H groups in total. The summed E-state index contributed by atoms with van der Waals surface area (Å²) in [5, 5.41) is 2.16. The van der Waals surface area contributed by atoms with Crippen molar-refractivity contribution in [2.24, 2.45) is 0 Å². The molecule has 2 aromatic rings. The van der Waals surface area contributed by atoms with Crippen molar-refractivity contribution in [3.8, 4) is 0 Å². The number of hydrogen-bond donors (Lipinski definition) is 1. The van der Waals surface area contributed by atoms with Crippen LogP contribution in [0.1, 0.15) is 5.76 Å². The topological polar surface area (TPSA) is 79.6 Å². The maximum Gasteiger partial charge on any atom is 0.294 e. The minimum Gasteiger partial charge on any atom is -0.465 e. The van der Waals surface area contributed by atoms with Crippen LogP contribution in [0.3, 0.4) is 0 Å². The van der Waals surface area contributed by atoms with Crippen molar-refractivity contribution in [2.45, 2.75) is 0 Å². The second kappa shape index (κ2) is 7.59. The highest BCUT2D eigenvalue weighted by atomic mass is 79.9. The van der Waals surface area contributed by atoms with Crippen molar-refractivity contribution < 1.29 is 18.8 Å². The standard InChI is InChI=1S/C16H10Br2N2O4S/c17-11-4-3-9(6-12(11)18)19-14(21)8-20-15(22)13(25-16(20)23)7-10-2-1-5-24-10/h1-7H,8H2,(H,19,21)/b13-7+. The van der Waals surface area contributed by atoms with E-state index in [-0.39, 0.29) is 11.4 Å². The molecule has 1 fully saturated rings. The molecule has 0 aliphatic carbocycles. The molecule has 6 nitrogen and oxygen atoms in total. The first kappa shape index (κ1) is 18.0. The number of rotatable bonds is 4. The summed E-state index contributed by atoms with van der Waals surface area (Å²) in [6, 6.07) is 8.54. The number of halogens is 2. The highest BCUT2D eigenvalue weighted by Crippen LogP contribution is 2.32. The Balaban J connectivity index is 1.67.